The van der Waals surface area contributed by atoms with Crippen LogP contribution >= 0.6 is 0 Å². The first-order valence-electron chi connectivity index (χ1n) is 2.00. The topological polar surface area (TPSA) is 12.0 Å². The fourth-order valence-electron chi connectivity index (χ4n) is 1.67. The lowest BCUT2D eigenvalue weighted by Gasteiger charge is -2.05. The first-order valence-corrected chi connectivity index (χ1v) is 2.00. The van der Waals surface area contributed by atoms with Crippen LogP contribution in [-0.2, 0) is 0 Å². The Morgan fingerprint density at radius 3 is 1.00 bits per heavy atom. The van der Waals surface area contributed by atoms with E-state index in [1.165, 1.54) is 0 Å². The molecule has 0 aromatic rings. The van der Waals surface area contributed by atoms with E-state index in [1.54, 1.807) is 0 Å². The van der Waals surface area contributed by atoms with Gasteiger partial charge in [0.2, 0.25) is 0 Å². The first kappa shape index (κ1) is 1.37. The molecule has 0 saturated carbocycles. The second-order valence-electron chi connectivity index (χ2n) is 2.15. The van der Waals surface area contributed by atoms with Crippen LogP contribution in [0.1, 0.15) is 0 Å². The minimum absolute atomic E-state index is 1.00. The molecule has 0 amide bonds. The lowest BCUT2D eigenvalue weighted by molar-refractivity contribution is -1.56. The van der Waals surface area contributed by atoms with Crippen molar-refractivity contribution in [1.82, 2.24) is 20.9 Å². The van der Waals surface area contributed by atoms with Crippen LogP contribution in [0.25, 0.3) is 0 Å². The van der Waals surface area contributed by atoms with Crippen molar-refractivity contribution in [2.75, 3.05) is 0 Å². The molecular formula is N6+2. The molecule has 4 heterocycles. The molecule has 0 N–H and O–H groups in total. The molecule has 6 heavy (non-hydrogen) atoms. The molecule has 0 aromatic heterocycles. The van der Waals surface area contributed by atoms with Crippen LogP contribution in [0, 0.1) is 0 Å². The van der Waals surface area contributed by atoms with Gasteiger partial charge in [0.25, 0.3) is 9.84 Å². The Hall–Kier alpha value is -0.240. The Morgan fingerprint density at radius 1 is 0.667 bits per heavy atom. The van der Waals surface area contributed by atoms with E-state index in [4.69, 9.17) is 0 Å². The molecule has 4 rings (SSSR count). The van der Waals surface area contributed by atoms with Gasteiger partial charge in [0, 0.05) is 0 Å². The van der Waals surface area contributed by atoms with Gasteiger partial charge in [0.15, 0.2) is 0 Å². The van der Waals surface area contributed by atoms with Gasteiger partial charge in [-0.15, -0.1) is 0 Å². The van der Waals surface area contributed by atoms with Gasteiger partial charge in [-0.25, -0.2) is 0 Å². The molecule has 0 aromatic carbocycles. The third-order valence-corrected chi connectivity index (χ3v) is 2.12. The molecule has 0 unspecified atom stereocenters. The first-order chi connectivity index (χ1) is 2.98. The van der Waals surface area contributed by atoms with Crippen LogP contribution in [0.3, 0.4) is 0 Å². The minimum Gasteiger partial charge on any atom is 0.291 e. The van der Waals surface area contributed by atoms with Crippen LogP contribution in [0.5, 0.6) is 0 Å². The number of hydrazine groups is 2. The lowest BCUT2D eigenvalue weighted by atomic mass is 11.6. The third-order valence-electron chi connectivity index (χ3n) is 2.12. The van der Waals surface area contributed by atoms with Crippen molar-refractivity contribution in [1.29, 1.82) is 0 Å². The summed E-state index contributed by atoms with van der Waals surface area (Å²) in [6.45, 7) is 0. The average Bonchev–Trinajstić information content (AvgIpc) is 2.12. The molecule has 4 aliphatic rings. The second kappa shape index (κ2) is 0.119. The Labute approximate surface area is 32.0 Å². The predicted molar refractivity (Wildman–Crippen MR) is 7.88 cm³/mol. The fraction of sp³-hybridized carbons (Fsp3) is 0. The zero-order valence-corrected chi connectivity index (χ0v) is 2.68. The van der Waals surface area contributed by atoms with Crippen LogP contribution < -0.4 is 0 Å². The summed E-state index contributed by atoms with van der Waals surface area (Å²) in [4.78, 5) is 2.00. The second-order valence-corrected chi connectivity index (χ2v) is 2.15. The molecule has 0 radical (unpaired) electrons. The van der Waals surface area contributed by atoms with Gasteiger partial charge in [-0.2, -0.15) is 0 Å². The Kier molecular flexibility index (Phi) is 0.0272. The highest BCUT2D eigenvalue weighted by molar-refractivity contribution is 4.66. The summed E-state index contributed by atoms with van der Waals surface area (Å²) in [7, 11) is 0. The van der Waals surface area contributed by atoms with Crippen LogP contribution in [0.15, 0.2) is 0 Å². The van der Waals surface area contributed by atoms with Crippen molar-refractivity contribution in [3.8, 4) is 0 Å². The number of hydrogen-bond acceptors (Lipinski definition) is 4. The largest absolute Gasteiger partial charge is 0.354 e. The van der Waals surface area contributed by atoms with Crippen LogP contribution in [0.2, 0.25) is 0 Å². The van der Waals surface area contributed by atoms with Gasteiger partial charge in [-0.1, -0.05) is 0 Å². The molecule has 4 fully saturated rings. The molecule has 4 aliphatic heterocycles. The zero-order valence-electron chi connectivity index (χ0n) is 2.68. The van der Waals surface area contributed by atoms with Gasteiger partial charge in [-0.3, -0.25) is 0 Å². The molecule has 28 valence electrons. The highest BCUT2D eigenvalue weighted by Crippen LogP contribution is 3.05. The molecule has 4 saturated heterocycles. The molecule has 6 heteroatoms. The predicted octanol–water partition coefficient (Wildman–Crippen LogP) is -1.95. The van der Waals surface area contributed by atoms with Crippen LogP contribution in [0.4, 0.5) is 0 Å². The smallest absolute Gasteiger partial charge is 0.291 e. The monoisotopic (exact) mass is 84.0 g/mol. The van der Waals surface area contributed by atoms with Crippen molar-refractivity contribution in [2.24, 2.45) is 0 Å². The van der Waals surface area contributed by atoms with E-state index in [2.05, 4.69) is 20.9 Å². The Morgan fingerprint density at radius 2 is 1.00 bits per heavy atom. The SMILES string of the molecule is N12N3[N+]14N1N4[N+]231. The molecule has 0 bridgehead atoms. The highest BCUT2D eigenvalue weighted by atomic mass is 17.4. The molecule has 0 atom stereocenters. The van der Waals surface area contributed by atoms with Crippen molar-refractivity contribution in [2.45, 2.75) is 0 Å². The highest BCUT2D eigenvalue weighted by Gasteiger charge is 3.70. The third kappa shape index (κ3) is 0.0126. The van der Waals surface area contributed by atoms with Crippen molar-refractivity contribution in [3.05, 3.63) is 0 Å². The minimum atomic E-state index is 1.00. The normalized spacial score (nSPS) is 136. The molecule has 6 nitrogen and oxygen atoms in total. The van der Waals surface area contributed by atoms with E-state index < -0.39 is 0 Å². The summed E-state index contributed by atoms with van der Waals surface area (Å²) in [5.74, 6) is 0. The Bertz CT molecular complexity index is 145. The summed E-state index contributed by atoms with van der Waals surface area (Å²) in [6, 6.07) is 0. The lowest BCUT2D eigenvalue weighted by Crippen LogP contribution is -2.70. The number of nitrogens with zero attached hydrogens (tertiary/aromatic N) is 6. The van der Waals surface area contributed by atoms with E-state index in [1.807, 2.05) is 0 Å². The summed E-state index contributed by atoms with van der Waals surface area (Å²) < 4.78 is 0. The maximum Gasteiger partial charge on any atom is 0.354 e. The standard InChI is InChI=1S/N6/c1-2-5(1)3-4(5)6(1,2)3/q+2. The number of quaternary nitrogens is 2. The van der Waals surface area contributed by atoms with E-state index in [-0.39, 0.29) is 0 Å². The zero-order chi connectivity index (χ0) is 3.31. The maximum absolute atomic E-state index is 2.25. The number of rotatable bonds is 0. The van der Waals surface area contributed by atoms with E-state index in [0.717, 1.165) is 9.84 Å². The van der Waals surface area contributed by atoms with Crippen molar-refractivity contribution < 1.29 is 9.84 Å². The van der Waals surface area contributed by atoms with Gasteiger partial charge in [-0.05, 0) is 0 Å². The Balaban J connectivity index is 2.53. The summed E-state index contributed by atoms with van der Waals surface area (Å²) in [5.41, 5.74) is 0. The van der Waals surface area contributed by atoms with Gasteiger partial charge >= 0.3 is 20.9 Å². The summed E-state index contributed by atoms with van der Waals surface area (Å²) in [6.07, 6.45) is 0. The van der Waals surface area contributed by atoms with Crippen molar-refractivity contribution >= 4 is 0 Å². The van der Waals surface area contributed by atoms with E-state index in [9.17, 15) is 0 Å². The quantitative estimate of drug-likeness (QED) is 0.249. The van der Waals surface area contributed by atoms with Gasteiger partial charge in [0.05, 0.1) is 0 Å². The van der Waals surface area contributed by atoms with Gasteiger partial charge < -0.3 is 0 Å². The molecular weight excluding hydrogens is 84.0 g/mol. The fourth-order valence-corrected chi connectivity index (χ4v) is 1.67. The van der Waals surface area contributed by atoms with Gasteiger partial charge in [0.1, 0.15) is 0 Å². The van der Waals surface area contributed by atoms with E-state index in [0.29, 0.717) is 0 Å². The number of fused-ring (bicyclic) bond motifs is 10. The van der Waals surface area contributed by atoms with E-state index >= 15 is 0 Å². The molecule has 2 spiro atoms. The maximum atomic E-state index is 2.25. The number of hydrogen-bond donors (Lipinski definition) is 0. The summed E-state index contributed by atoms with van der Waals surface area (Å²) >= 11 is 0. The van der Waals surface area contributed by atoms with Crippen molar-refractivity contribution in [3.63, 3.8) is 0 Å². The van der Waals surface area contributed by atoms with Crippen LogP contribution in [-0.4, -0.2) is 30.7 Å². The summed E-state index contributed by atoms with van der Waals surface area (Å²) in [5, 5.41) is 9.00. The average molecular weight is 84.0 g/mol. The molecule has 0 aliphatic carbocycles.